The van der Waals surface area contributed by atoms with Crippen molar-refractivity contribution in [2.45, 2.75) is 32.6 Å². The van der Waals surface area contributed by atoms with Crippen LogP contribution in [0.25, 0.3) is 0 Å². The van der Waals surface area contributed by atoms with E-state index in [0.717, 1.165) is 16.8 Å². The van der Waals surface area contributed by atoms with E-state index in [1.807, 2.05) is 32.0 Å². The first-order valence-corrected chi connectivity index (χ1v) is 6.05. The maximum absolute atomic E-state index is 11.8. The molecule has 0 fully saturated rings. The Labute approximate surface area is 106 Å². The molecule has 1 aromatic rings. The smallest absolute Gasteiger partial charge is 0.310 e. The zero-order valence-corrected chi connectivity index (χ0v) is 10.9. The molecule has 0 unspecified atom stereocenters. The van der Waals surface area contributed by atoms with Crippen molar-refractivity contribution in [3.05, 3.63) is 29.3 Å². The molecule has 96 valence electrons. The van der Waals surface area contributed by atoms with Crippen LogP contribution in [-0.4, -0.2) is 18.5 Å². The topological polar surface area (TPSA) is 55.4 Å². The fraction of sp³-hybridized carbons (Fsp3) is 0.429. The van der Waals surface area contributed by atoms with E-state index in [9.17, 15) is 9.59 Å². The van der Waals surface area contributed by atoms with Crippen molar-refractivity contribution in [3.8, 4) is 0 Å². The number of carbonyl (C=O) groups excluding carboxylic acids is 2. The first kappa shape index (κ1) is 12.6. The van der Waals surface area contributed by atoms with E-state index in [1.54, 1.807) is 6.92 Å². The Morgan fingerprint density at radius 3 is 2.78 bits per heavy atom. The molecule has 0 atom stereocenters. The fourth-order valence-corrected chi connectivity index (χ4v) is 2.11. The summed E-state index contributed by atoms with van der Waals surface area (Å²) in [6.07, 6.45) is 0.241. The maximum Gasteiger partial charge on any atom is 0.310 e. The van der Waals surface area contributed by atoms with Crippen molar-refractivity contribution in [2.75, 3.05) is 11.9 Å². The Balaban J connectivity index is 2.26. The summed E-state index contributed by atoms with van der Waals surface area (Å²) in [6.45, 7) is 5.92. The molecule has 1 amide bonds. The number of hydrogen-bond donors (Lipinski definition) is 1. The van der Waals surface area contributed by atoms with Gasteiger partial charge in [0.05, 0.1) is 18.4 Å². The average Bonchev–Trinajstić information content (AvgIpc) is 2.51. The molecule has 1 aliphatic rings. The summed E-state index contributed by atoms with van der Waals surface area (Å²) < 4.78 is 4.92. The second-order valence-corrected chi connectivity index (χ2v) is 4.94. The number of carbonyl (C=O) groups is 2. The molecule has 4 heteroatoms. The van der Waals surface area contributed by atoms with Gasteiger partial charge in [-0.05, 0) is 38.0 Å². The van der Waals surface area contributed by atoms with Crippen LogP contribution in [-0.2, 0) is 26.2 Å². The largest absolute Gasteiger partial charge is 0.466 e. The van der Waals surface area contributed by atoms with Gasteiger partial charge in [0.25, 0.3) is 0 Å². The summed E-state index contributed by atoms with van der Waals surface area (Å²) in [7, 11) is 0. The van der Waals surface area contributed by atoms with E-state index in [2.05, 4.69) is 5.32 Å². The predicted octanol–water partition coefficient (Wildman–Crippen LogP) is 2.02. The number of anilines is 1. The zero-order chi connectivity index (χ0) is 13.3. The molecule has 4 nitrogen and oxygen atoms in total. The Bertz CT molecular complexity index is 506. The van der Waals surface area contributed by atoms with E-state index < -0.39 is 5.41 Å². The van der Waals surface area contributed by atoms with Gasteiger partial charge in [0, 0.05) is 5.69 Å². The fourth-order valence-electron chi connectivity index (χ4n) is 2.11. The molecule has 1 aromatic carbocycles. The van der Waals surface area contributed by atoms with Crippen molar-refractivity contribution < 1.29 is 14.3 Å². The summed E-state index contributed by atoms with van der Waals surface area (Å²) in [6, 6.07) is 5.60. The maximum atomic E-state index is 11.8. The summed E-state index contributed by atoms with van der Waals surface area (Å²) >= 11 is 0. The Kier molecular flexibility index (Phi) is 3.11. The Morgan fingerprint density at radius 1 is 1.39 bits per heavy atom. The SMILES string of the molecule is CCOC(=O)Cc1ccc2c(c1)C(C)(C)C(=O)N2. The third kappa shape index (κ3) is 2.10. The van der Waals surface area contributed by atoms with Crippen LogP contribution >= 0.6 is 0 Å². The van der Waals surface area contributed by atoms with Gasteiger partial charge >= 0.3 is 5.97 Å². The number of ether oxygens (including phenoxy) is 1. The summed E-state index contributed by atoms with van der Waals surface area (Å²) in [5.74, 6) is -0.252. The number of hydrogen-bond acceptors (Lipinski definition) is 3. The highest BCUT2D eigenvalue weighted by atomic mass is 16.5. The van der Waals surface area contributed by atoms with Crippen LogP contribution in [0, 0.1) is 0 Å². The minimum atomic E-state index is -0.542. The molecule has 0 saturated heterocycles. The number of esters is 1. The predicted molar refractivity (Wildman–Crippen MR) is 68.4 cm³/mol. The second-order valence-electron chi connectivity index (χ2n) is 4.94. The van der Waals surface area contributed by atoms with Crippen molar-refractivity contribution in [1.82, 2.24) is 0 Å². The molecule has 0 aliphatic carbocycles. The normalized spacial score (nSPS) is 16.1. The van der Waals surface area contributed by atoms with E-state index in [-0.39, 0.29) is 18.3 Å². The molecule has 0 aromatic heterocycles. The second kappa shape index (κ2) is 4.44. The average molecular weight is 247 g/mol. The highest BCUT2D eigenvalue weighted by molar-refractivity contribution is 6.05. The molecule has 1 aliphatic heterocycles. The van der Waals surface area contributed by atoms with E-state index >= 15 is 0 Å². The molecule has 1 heterocycles. The number of benzene rings is 1. The molecular formula is C14H17NO3. The lowest BCUT2D eigenvalue weighted by molar-refractivity contribution is -0.142. The Morgan fingerprint density at radius 2 is 2.11 bits per heavy atom. The van der Waals surface area contributed by atoms with E-state index in [0.29, 0.717) is 6.61 Å². The minimum absolute atomic E-state index is 0.00853. The van der Waals surface area contributed by atoms with Gasteiger partial charge in [-0.1, -0.05) is 12.1 Å². The van der Waals surface area contributed by atoms with Gasteiger partial charge in [-0.25, -0.2) is 0 Å². The molecule has 1 N–H and O–H groups in total. The number of fused-ring (bicyclic) bond motifs is 1. The van der Waals surface area contributed by atoms with Crippen LogP contribution in [0.3, 0.4) is 0 Å². The quantitative estimate of drug-likeness (QED) is 0.831. The van der Waals surface area contributed by atoms with E-state index in [1.165, 1.54) is 0 Å². The van der Waals surface area contributed by atoms with Crippen LogP contribution in [0.1, 0.15) is 31.9 Å². The van der Waals surface area contributed by atoms with E-state index in [4.69, 9.17) is 4.74 Å². The van der Waals surface area contributed by atoms with Gasteiger partial charge in [-0.3, -0.25) is 9.59 Å². The molecule has 0 spiro atoms. The van der Waals surface area contributed by atoms with Crippen LogP contribution in [0.5, 0.6) is 0 Å². The molecular weight excluding hydrogens is 230 g/mol. The third-order valence-electron chi connectivity index (χ3n) is 3.23. The first-order chi connectivity index (χ1) is 8.45. The zero-order valence-electron chi connectivity index (χ0n) is 10.9. The summed E-state index contributed by atoms with van der Waals surface area (Å²) in [4.78, 5) is 23.2. The Hall–Kier alpha value is -1.84. The van der Waals surface area contributed by atoms with Crippen molar-refractivity contribution in [3.63, 3.8) is 0 Å². The van der Waals surface area contributed by atoms with Gasteiger partial charge in [0.15, 0.2) is 0 Å². The molecule has 0 saturated carbocycles. The van der Waals surface area contributed by atoms with Gasteiger partial charge < -0.3 is 10.1 Å². The number of amides is 1. The van der Waals surface area contributed by atoms with Crippen molar-refractivity contribution >= 4 is 17.6 Å². The van der Waals surface area contributed by atoms with Crippen molar-refractivity contribution in [2.24, 2.45) is 0 Å². The number of rotatable bonds is 3. The minimum Gasteiger partial charge on any atom is -0.466 e. The summed E-state index contributed by atoms with van der Waals surface area (Å²) in [5, 5.41) is 2.84. The molecule has 0 bridgehead atoms. The summed E-state index contributed by atoms with van der Waals surface area (Å²) in [5.41, 5.74) is 2.10. The number of nitrogens with one attached hydrogen (secondary N) is 1. The first-order valence-electron chi connectivity index (χ1n) is 6.05. The van der Waals surface area contributed by atoms with Gasteiger partial charge in [0.1, 0.15) is 0 Å². The highest BCUT2D eigenvalue weighted by Gasteiger charge is 2.38. The van der Waals surface area contributed by atoms with Gasteiger partial charge in [-0.15, -0.1) is 0 Å². The van der Waals surface area contributed by atoms with Gasteiger partial charge in [-0.2, -0.15) is 0 Å². The monoisotopic (exact) mass is 247 g/mol. The highest BCUT2D eigenvalue weighted by Crippen LogP contribution is 2.37. The lowest BCUT2D eigenvalue weighted by Gasteiger charge is -2.15. The van der Waals surface area contributed by atoms with Gasteiger partial charge in [0.2, 0.25) is 5.91 Å². The molecule has 0 radical (unpaired) electrons. The van der Waals surface area contributed by atoms with Crippen molar-refractivity contribution in [1.29, 1.82) is 0 Å². The lowest BCUT2D eigenvalue weighted by Crippen LogP contribution is -2.26. The molecule has 2 rings (SSSR count). The van der Waals surface area contributed by atoms with Crippen LogP contribution in [0.2, 0.25) is 0 Å². The van der Waals surface area contributed by atoms with Crippen LogP contribution < -0.4 is 5.32 Å². The molecule has 18 heavy (non-hydrogen) atoms. The third-order valence-corrected chi connectivity index (χ3v) is 3.23. The lowest BCUT2D eigenvalue weighted by atomic mass is 9.85. The standard InChI is InChI=1S/C14H17NO3/c1-4-18-12(16)8-9-5-6-11-10(7-9)14(2,3)13(17)15-11/h5-7H,4,8H2,1-3H3,(H,15,17). The van der Waals surface area contributed by atoms with Crippen LogP contribution in [0.4, 0.5) is 5.69 Å². The van der Waals surface area contributed by atoms with Crippen LogP contribution in [0.15, 0.2) is 18.2 Å².